The molecule has 2 nitrogen and oxygen atoms in total. The van der Waals surface area contributed by atoms with Gasteiger partial charge in [0.25, 0.3) is 0 Å². The van der Waals surface area contributed by atoms with Gasteiger partial charge in [0.1, 0.15) is 0 Å². The minimum absolute atomic E-state index is 0.764. The Hall–Kier alpha value is -1.02. The number of benzene rings is 1. The molecule has 100 valence electrons. The number of aryl methyl sites for hydroxylation is 2. The zero-order chi connectivity index (χ0) is 12.8. The van der Waals surface area contributed by atoms with Crippen LogP contribution in [-0.2, 0) is 0 Å². The molecule has 0 bridgehead atoms. The highest BCUT2D eigenvalue weighted by Gasteiger charge is 2.11. The molecule has 2 N–H and O–H groups in total. The summed E-state index contributed by atoms with van der Waals surface area (Å²) in [7, 11) is 0. The topological polar surface area (TPSA) is 24.1 Å². The second-order valence-electron chi connectivity index (χ2n) is 5.53. The molecule has 0 heterocycles. The average molecular weight is 246 g/mol. The summed E-state index contributed by atoms with van der Waals surface area (Å²) in [6.07, 6.45) is 6.97. The van der Waals surface area contributed by atoms with Crippen molar-refractivity contribution in [1.82, 2.24) is 5.32 Å². The SMILES string of the molecule is Cc1ccc(NCCNC2CCCCC2)c(C)c1. The summed E-state index contributed by atoms with van der Waals surface area (Å²) in [4.78, 5) is 0. The molecular formula is C16H26N2. The maximum Gasteiger partial charge on any atom is 0.0370 e. The van der Waals surface area contributed by atoms with Crippen molar-refractivity contribution in [3.05, 3.63) is 29.3 Å². The van der Waals surface area contributed by atoms with Crippen LogP contribution in [-0.4, -0.2) is 19.1 Å². The molecule has 1 saturated carbocycles. The molecule has 1 aromatic rings. The van der Waals surface area contributed by atoms with Crippen LogP contribution in [0, 0.1) is 13.8 Å². The van der Waals surface area contributed by atoms with Gasteiger partial charge in [0.05, 0.1) is 0 Å². The van der Waals surface area contributed by atoms with Crippen LogP contribution in [0.25, 0.3) is 0 Å². The molecule has 2 heteroatoms. The Bertz CT molecular complexity index is 367. The molecule has 0 radical (unpaired) electrons. The molecule has 0 atom stereocenters. The quantitative estimate of drug-likeness (QED) is 0.775. The van der Waals surface area contributed by atoms with Crippen molar-refractivity contribution in [2.24, 2.45) is 0 Å². The molecular weight excluding hydrogens is 220 g/mol. The number of rotatable bonds is 5. The molecule has 1 aromatic carbocycles. The van der Waals surface area contributed by atoms with Crippen LogP contribution in [0.3, 0.4) is 0 Å². The van der Waals surface area contributed by atoms with Gasteiger partial charge in [-0.2, -0.15) is 0 Å². The van der Waals surface area contributed by atoms with Crippen molar-refractivity contribution in [2.75, 3.05) is 18.4 Å². The second kappa shape index (κ2) is 6.79. The molecule has 0 saturated heterocycles. The lowest BCUT2D eigenvalue weighted by molar-refractivity contribution is 0.378. The van der Waals surface area contributed by atoms with Gasteiger partial charge in [-0.05, 0) is 38.3 Å². The van der Waals surface area contributed by atoms with Crippen LogP contribution in [0.4, 0.5) is 5.69 Å². The van der Waals surface area contributed by atoms with Crippen LogP contribution in [0.1, 0.15) is 43.2 Å². The lowest BCUT2D eigenvalue weighted by Gasteiger charge is -2.23. The number of hydrogen-bond acceptors (Lipinski definition) is 2. The van der Waals surface area contributed by atoms with Gasteiger partial charge in [0.15, 0.2) is 0 Å². The molecule has 1 aliphatic rings. The summed E-state index contributed by atoms with van der Waals surface area (Å²) in [6, 6.07) is 7.35. The van der Waals surface area contributed by atoms with E-state index in [0.717, 1.165) is 19.1 Å². The first-order valence-electron chi connectivity index (χ1n) is 7.30. The van der Waals surface area contributed by atoms with E-state index in [9.17, 15) is 0 Å². The zero-order valence-corrected chi connectivity index (χ0v) is 11.8. The lowest BCUT2D eigenvalue weighted by Crippen LogP contribution is -2.34. The molecule has 0 aromatic heterocycles. The third kappa shape index (κ3) is 4.02. The summed E-state index contributed by atoms with van der Waals surface area (Å²) in [5.74, 6) is 0. The van der Waals surface area contributed by atoms with E-state index >= 15 is 0 Å². The first kappa shape index (κ1) is 13.4. The van der Waals surface area contributed by atoms with Gasteiger partial charge in [0, 0.05) is 24.8 Å². The summed E-state index contributed by atoms with van der Waals surface area (Å²) >= 11 is 0. The first-order valence-corrected chi connectivity index (χ1v) is 7.30. The minimum atomic E-state index is 0.764. The number of hydrogen-bond donors (Lipinski definition) is 2. The molecule has 1 aliphatic carbocycles. The normalized spacial score (nSPS) is 16.8. The Labute approximate surface area is 111 Å². The molecule has 1 fully saturated rings. The van der Waals surface area contributed by atoms with E-state index in [1.807, 2.05) is 0 Å². The van der Waals surface area contributed by atoms with Gasteiger partial charge < -0.3 is 10.6 Å². The Morgan fingerprint density at radius 2 is 1.83 bits per heavy atom. The van der Waals surface area contributed by atoms with Gasteiger partial charge in [-0.15, -0.1) is 0 Å². The van der Waals surface area contributed by atoms with E-state index in [2.05, 4.69) is 42.7 Å². The Morgan fingerprint density at radius 1 is 1.06 bits per heavy atom. The fourth-order valence-electron chi connectivity index (χ4n) is 2.79. The Kier molecular flexibility index (Phi) is 5.06. The van der Waals surface area contributed by atoms with Crippen molar-refractivity contribution < 1.29 is 0 Å². The molecule has 2 rings (SSSR count). The molecule has 0 amide bonds. The maximum absolute atomic E-state index is 3.66. The maximum atomic E-state index is 3.66. The van der Waals surface area contributed by atoms with Crippen molar-refractivity contribution in [1.29, 1.82) is 0 Å². The van der Waals surface area contributed by atoms with Gasteiger partial charge in [-0.1, -0.05) is 37.0 Å². The van der Waals surface area contributed by atoms with E-state index in [-0.39, 0.29) is 0 Å². The predicted octanol–water partition coefficient (Wildman–Crippen LogP) is 3.64. The highest BCUT2D eigenvalue weighted by atomic mass is 15.0. The Balaban J connectivity index is 1.68. The van der Waals surface area contributed by atoms with Crippen LogP contribution < -0.4 is 10.6 Å². The number of anilines is 1. The smallest absolute Gasteiger partial charge is 0.0370 e. The van der Waals surface area contributed by atoms with E-state index in [1.54, 1.807) is 0 Å². The molecule has 0 unspecified atom stereocenters. The van der Waals surface area contributed by atoms with Crippen LogP contribution in [0.2, 0.25) is 0 Å². The van der Waals surface area contributed by atoms with Crippen LogP contribution >= 0.6 is 0 Å². The van der Waals surface area contributed by atoms with Crippen molar-refractivity contribution >= 4 is 5.69 Å². The highest BCUT2D eigenvalue weighted by Crippen LogP contribution is 2.17. The third-order valence-electron chi connectivity index (χ3n) is 3.86. The van der Waals surface area contributed by atoms with Gasteiger partial charge in [-0.3, -0.25) is 0 Å². The van der Waals surface area contributed by atoms with E-state index in [1.165, 1.54) is 48.9 Å². The molecule has 18 heavy (non-hydrogen) atoms. The van der Waals surface area contributed by atoms with Crippen molar-refractivity contribution in [3.8, 4) is 0 Å². The summed E-state index contributed by atoms with van der Waals surface area (Å²) < 4.78 is 0. The largest absolute Gasteiger partial charge is 0.384 e. The minimum Gasteiger partial charge on any atom is -0.384 e. The van der Waals surface area contributed by atoms with Gasteiger partial charge in [0.2, 0.25) is 0 Å². The first-order chi connectivity index (χ1) is 8.75. The third-order valence-corrected chi connectivity index (χ3v) is 3.86. The molecule has 0 aliphatic heterocycles. The van der Waals surface area contributed by atoms with E-state index < -0.39 is 0 Å². The molecule has 0 spiro atoms. The Morgan fingerprint density at radius 3 is 2.56 bits per heavy atom. The standard InChI is InChI=1S/C16H26N2/c1-13-8-9-16(14(2)12-13)18-11-10-17-15-6-4-3-5-7-15/h8-9,12,15,17-18H,3-7,10-11H2,1-2H3. The summed E-state index contributed by atoms with van der Waals surface area (Å²) in [5, 5.41) is 7.18. The van der Waals surface area contributed by atoms with Crippen LogP contribution in [0.15, 0.2) is 18.2 Å². The lowest BCUT2D eigenvalue weighted by atomic mass is 9.95. The second-order valence-corrected chi connectivity index (χ2v) is 5.53. The van der Waals surface area contributed by atoms with Crippen molar-refractivity contribution in [2.45, 2.75) is 52.0 Å². The van der Waals surface area contributed by atoms with Crippen molar-refractivity contribution in [3.63, 3.8) is 0 Å². The van der Waals surface area contributed by atoms with Gasteiger partial charge >= 0.3 is 0 Å². The summed E-state index contributed by atoms with van der Waals surface area (Å²) in [5.41, 5.74) is 3.94. The van der Waals surface area contributed by atoms with Crippen LogP contribution in [0.5, 0.6) is 0 Å². The monoisotopic (exact) mass is 246 g/mol. The fraction of sp³-hybridized carbons (Fsp3) is 0.625. The average Bonchev–Trinajstić information content (AvgIpc) is 2.38. The van der Waals surface area contributed by atoms with E-state index in [4.69, 9.17) is 0 Å². The highest BCUT2D eigenvalue weighted by molar-refractivity contribution is 5.51. The summed E-state index contributed by atoms with van der Waals surface area (Å²) in [6.45, 7) is 6.39. The van der Waals surface area contributed by atoms with Gasteiger partial charge in [-0.25, -0.2) is 0 Å². The predicted molar refractivity (Wildman–Crippen MR) is 79.3 cm³/mol. The number of nitrogens with one attached hydrogen (secondary N) is 2. The van der Waals surface area contributed by atoms with E-state index in [0.29, 0.717) is 0 Å². The zero-order valence-electron chi connectivity index (χ0n) is 11.8. The fourth-order valence-corrected chi connectivity index (χ4v) is 2.79.